The van der Waals surface area contributed by atoms with Crippen molar-refractivity contribution in [1.29, 1.82) is 0 Å². The van der Waals surface area contributed by atoms with E-state index in [1.54, 1.807) is 12.1 Å². The van der Waals surface area contributed by atoms with Crippen molar-refractivity contribution in [2.45, 2.75) is 13.1 Å². The lowest BCUT2D eigenvalue weighted by Gasteiger charge is -2.32. The number of alkyl halides is 4. The summed E-state index contributed by atoms with van der Waals surface area (Å²) in [6, 6.07) is 4.39. The van der Waals surface area contributed by atoms with Gasteiger partial charge in [0.1, 0.15) is 0 Å². The maximum atomic E-state index is 12.5. The second-order valence-corrected chi connectivity index (χ2v) is 5.88. The van der Waals surface area contributed by atoms with E-state index in [9.17, 15) is 18.0 Å². The van der Waals surface area contributed by atoms with Crippen LogP contribution in [0, 0.1) is 0 Å². The number of allylic oxidation sites excluding steroid dienone is 2. The first-order valence-corrected chi connectivity index (χ1v) is 7.70. The largest absolute Gasteiger partial charge is 0.416 e. The highest BCUT2D eigenvalue weighted by Crippen LogP contribution is 2.31. The fourth-order valence-electron chi connectivity index (χ4n) is 1.64. The molecule has 0 aromatic heterocycles. The third kappa shape index (κ3) is 4.47. The fourth-order valence-corrected chi connectivity index (χ4v) is 3.20. The maximum Gasteiger partial charge on any atom is 0.416 e. The Morgan fingerprint density at radius 1 is 1.29 bits per heavy atom. The first-order valence-electron chi connectivity index (χ1n) is 5.79. The number of halogens is 5. The molecule has 0 saturated heterocycles. The van der Waals surface area contributed by atoms with E-state index in [1.807, 2.05) is 6.92 Å². The molecule has 0 saturated carbocycles. The van der Waals surface area contributed by atoms with E-state index < -0.39 is 11.7 Å². The Balaban J connectivity index is 3.11. The summed E-state index contributed by atoms with van der Waals surface area (Å²) < 4.78 is 38.4. The van der Waals surface area contributed by atoms with Gasteiger partial charge in [0.25, 0.3) is 0 Å². The Labute approximate surface area is 137 Å². The second kappa shape index (κ2) is 7.31. The van der Waals surface area contributed by atoms with Crippen molar-refractivity contribution in [3.63, 3.8) is 0 Å². The molecule has 8 heteroatoms. The highest BCUT2D eigenvalue weighted by atomic mass is 79.9. The predicted molar refractivity (Wildman–Crippen MR) is 83.2 cm³/mol. The van der Waals surface area contributed by atoms with Crippen molar-refractivity contribution in [1.82, 2.24) is 5.01 Å². The van der Waals surface area contributed by atoms with Crippen LogP contribution in [0.3, 0.4) is 0 Å². The van der Waals surface area contributed by atoms with Crippen molar-refractivity contribution < 1.29 is 18.0 Å². The molecule has 1 amide bonds. The Hall–Kier alpha value is -1.02. The Morgan fingerprint density at radius 2 is 1.81 bits per heavy atom. The standard InChI is InChI=1S/C13H13Br2F3N2O/c1-9(15)12(7-14)19(2)20(8-21)11-5-3-10(4-6-11)13(16,17)18/h3-6,8H,7H2,1-2H3/b12-9+. The zero-order chi connectivity index (χ0) is 16.2. The number of carbonyl (C=O) groups is 1. The molecule has 0 aliphatic heterocycles. The Kier molecular flexibility index (Phi) is 6.27. The molecule has 0 heterocycles. The molecule has 1 rings (SSSR count). The highest BCUT2D eigenvalue weighted by Gasteiger charge is 2.30. The van der Waals surface area contributed by atoms with Gasteiger partial charge in [-0.2, -0.15) is 13.2 Å². The van der Waals surface area contributed by atoms with Crippen LogP contribution in [0.4, 0.5) is 18.9 Å². The summed E-state index contributed by atoms with van der Waals surface area (Å²) in [7, 11) is 1.65. The van der Waals surface area contributed by atoms with Gasteiger partial charge in [-0.1, -0.05) is 31.9 Å². The van der Waals surface area contributed by atoms with Crippen LogP contribution in [-0.2, 0) is 11.0 Å². The first kappa shape index (κ1) is 18.0. The summed E-state index contributed by atoms with van der Waals surface area (Å²) in [5, 5.41) is 3.25. The van der Waals surface area contributed by atoms with Gasteiger partial charge in [-0.25, -0.2) is 5.01 Å². The van der Waals surface area contributed by atoms with E-state index in [4.69, 9.17) is 0 Å². The number of carbonyl (C=O) groups excluding carboxylic acids is 1. The number of rotatable bonds is 5. The van der Waals surface area contributed by atoms with Crippen LogP contribution in [0.1, 0.15) is 12.5 Å². The van der Waals surface area contributed by atoms with Gasteiger partial charge in [-0.15, -0.1) is 0 Å². The molecule has 3 nitrogen and oxygen atoms in total. The molecule has 0 aliphatic carbocycles. The molecular weight excluding hydrogens is 417 g/mol. The highest BCUT2D eigenvalue weighted by molar-refractivity contribution is 9.11. The third-order valence-corrected chi connectivity index (χ3v) is 3.79. The Morgan fingerprint density at radius 3 is 2.14 bits per heavy atom. The lowest BCUT2D eigenvalue weighted by Crippen LogP contribution is -2.39. The van der Waals surface area contributed by atoms with Gasteiger partial charge < -0.3 is 0 Å². The quantitative estimate of drug-likeness (QED) is 0.390. The van der Waals surface area contributed by atoms with Crippen LogP contribution in [0.15, 0.2) is 34.4 Å². The number of hydrogen-bond donors (Lipinski definition) is 0. The average Bonchev–Trinajstić information content (AvgIpc) is 2.39. The number of hydrazine groups is 1. The van der Waals surface area contributed by atoms with Gasteiger partial charge in [0, 0.05) is 16.9 Å². The molecule has 0 atom stereocenters. The summed E-state index contributed by atoms with van der Waals surface area (Å²) in [6.07, 6.45) is -3.86. The van der Waals surface area contributed by atoms with Gasteiger partial charge in [0.15, 0.2) is 0 Å². The molecule has 0 unspecified atom stereocenters. The van der Waals surface area contributed by atoms with Crippen molar-refractivity contribution >= 4 is 44.0 Å². The monoisotopic (exact) mass is 428 g/mol. The third-order valence-electron chi connectivity index (χ3n) is 2.80. The molecule has 0 bridgehead atoms. The summed E-state index contributed by atoms with van der Waals surface area (Å²) in [6.45, 7) is 1.81. The molecule has 0 fully saturated rings. The van der Waals surface area contributed by atoms with E-state index in [1.165, 1.54) is 17.1 Å². The SMILES string of the molecule is C/C(Br)=C(/CBr)N(C)N(C=O)c1ccc(C(F)(F)F)cc1. The minimum Gasteiger partial charge on any atom is -0.284 e. The Bertz CT molecular complexity index is 525. The molecule has 1 aromatic carbocycles. The van der Waals surface area contributed by atoms with Crippen LogP contribution in [0.5, 0.6) is 0 Å². The van der Waals surface area contributed by atoms with Crippen LogP contribution in [0.2, 0.25) is 0 Å². The molecule has 0 radical (unpaired) electrons. The summed E-state index contributed by atoms with van der Waals surface area (Å²) in [5.41, 5.74) is 0.349. The number of benzene rings is 1. The molecule has 21 heavy (non-hydrogen) atoms. The molecule has 116 valence electrons. The van der Waals surface area contributed by atoms with Gasteiger partial charge in [0.2, 0.25) is 6.41 Å². The fraction of sp³-hybridized carbons (Fsp3) is 0.308. The van der Waals surface area contributed by atoms with Gasteiger partial charge >= 0.3 is 6.18 Å². The van der Waals surface area contributed by atoms with E-state index in [-0.39, 0.29) is 0 Å². The van der Waals surface area contributed by atoms with Gasteiger partial charge in [-0.3, -0.25) is 9.80 Å². The van der Waals surface area contributed by atoms with Crippen molar-refractivity contribution in [3.8, 4) is 0 Å². The average molecular weight is 430 g/mol. The van der Waals surface area contributed by atoms with E-state index in [0.29, 0.717) is 17.4 Å². The van der Waals surface area contributed by atoms with Crippen LogP contribution >= 0.6 is 31.9 Å². The predicted octanol–water partition coefficient (Wildman–Crippen LogP) is 4.54. The lowest BCUT2D eigenvalue weighted by molar-refractivity contribution is -0.137. The normalized spacial score (nSPS) is 12.7. The number of hydrogen-bond acceptors (Lipinski definition) is 2. The second-order valence-electron chi connectivity index (χ2n) is 4.13. The minimum absolute atomic E-state index is 0.340. The van der Waals surface area contributed by atoms with Crippen molar-refractivity contribution in [2.75, 3.05) is 17.4 Å². The van der Waals surface area contributed by atoms with Crippen molar-refractivity contribution in [2.24, 2.45) is 0 Å². The zero-order valence-electron chi connectivity index (χ0n) is 11.3. The van der Waals surface area contributed by atoms with Crippen LogP contribution in [-0.4, -0.2) is 23.8 Å². The minimum atomic E-state index is -4.40. The lowest BCUT2D eigenvalue weighted by atomic mass is 10.2. The van der Waals surface area contributed by atoms with Crippen molar-refractivity contribution in [3.05, 3.63) is 40.0 Å². The number of nitrogens with zero attached hydrogens (tertiary/aromatic N) is 2. The first-order chi connectivity index (χ1) is 9.72. The topological polar surface area (TPSA) is 23.6 Å². The van der Waals surface area contributed by atoms with Crippen LogP contribution < -0.4 is 5.01 Å². The molecular formula is C13H13Br2F3N2O. The maximum absolute atomic E-state index is 12.5. The molecule has 0 aliphatic rings. The number of amides is 1. The van der Waals surface area contributed by atoms with Gasteiger partial charge in [0.05, 0.1) is 16.9 Å². The smallest absolute Gasteiger partial charge is 0.284 e. The molecule has 1 aromatic rings. The summed E-state index contributed by atoms with van der Waals surface area (Å²) in [5.74, 6) is 0. The molecule has 0 spiro atoms. The van der Waals surface area contributed by atoms with Gasteiger partial charge in [-0.05, 0) is 31.2 Å². The van der Waals surface area contributed by atoms with E-state index in [0.717, 1.165) is 22.3 Å². The summed E-state index contributed by atoms with van der Waals surface area (Å²) in [4.78, 5) is 11.3. The van der Waals surface area contributed by atoms with Crippen LogP contribution in [0.25, 0.3) is 0 Å². The van der Waals surface area contributed by atoms with E-state index >= 15 is 0 Å². The zero-order valence-corrected chi connectivity index (χ0v) is 14.5. The van der Waals surface area contributed by atoms with E-state index in [2.05, 4.69) is 31.9 Å². The molecule has 0 N–H and O–H groups in total. The summed E-state index contributed by atoms with van der Waals surface area (Å²) >= 11 is 6.63. The number of anilines is 1.